The second kappa shape index (κ2) is 5.47. The molecule has 1 fully saturated rings. The lowest BCUT2D eigenvalue weighted by Gasteiger charge is -2.21. The van der Waals surface area contributed by atoms with Gasteiger partial charge in [-0.25, -0.2) is 0 Å². The third kappa shape index (κ3) is 2.96. The maximum absolute atomic E-state index is 11.8. The lowest BCUT2D eigenvalue weighted by molar-refractivity contribution is -0.117. The maximum atomic E-state index is 11.8. The largest absolute Gasteiger partial charge is 0.347 e. The van der Waals surface area contributed by atoms with Gasteiger partial charge in [0.2, 0.25) is 5.91 Å². The van der Waals surface area contributed by atoms with E-state index < -0.39 is 0 Å². The minimum absolute atomic E-state index is 0.0629. The summed E-state index contributed by atoms with van der Waals surface area (Å²) in [5.74, 6) is 0.0629. The van der Waals surface area contributed by atoms with E-state index in [2.05, 4.69) is 29.7 Å². The van der Waals surface area contributed by atoms with E-state index in [4.69, 9.17) is 0 Å². The standard InChI is InChI=1S/C13H18N2OS/c1-3-11-4-5-12(17-11)8-15-13(16)9(2)10-6-14-7-10/h4-5,14H,3,6-8H2,1-2H3,(H,15,16). The van der Waals surface area contributed by atoms with Gasteiger partial charge in [-0.05, 0) is 31.1 Å². The first-order valence-electron chi connectivity index (χ1n) is 5.96. The van der Waals surface area contributed by atoms with Gasteiger partial charge in [0.15, 0.2) is 0 Å². The molecule has 0 aliphatic carbocycles. The van der Waals surface area contributed by atoms with Crippen molar-refractivity contribution in [3.63, 3.8) is 0 Å². The first-order valence-corrected chi connectivity index (χ1v) is 6.77. The van der Waals surface area contributed by atoms with E-state index in [0.29, 0.717) is 6.54 Å². The highest BCUT2D eigenvalue weighted by Gasteiger charge is 2.15. The van der Waals surface area contributed by atoms with E-state index in [-0.39, 0.29) is 5.91 Å². The number of carbonyl (C=O) groups is 1. The van der Waals surface area contributed by atoms with Gasteiger partial charge in [-0.3, -0.25) is 4.79 Å². The Labute approximate surface area is 106 Å². The normalized spacial score (nSPS) is 14.4. The average Bonchev–Trinajstić information content (AvgIpc) is 2.71. The molecular formula is C13H18N2OS. The molecule has 3 nitrogen and oxygen atoms in total. The zero-order valence-electron chi connectivity index (χ0n) is 10.3. The molecule has 1 saturated heterocycles. The van der Waals surface area contributed by atoms with Crippen molar-refractivity contribution in [1.29, 1.82) is 0 Å². The number of nitrogens with one attached hydrogen (secondary N) is 2. The Morgan fingerprint density at radius 3 is 2.65 bits per heavy atom. The van der Waals surface area contributed by atoms with E-state index in [0.717, 1.165) is 25.1 Å². The van der Waals surface area contributed by atoms with Crippen LogP contribution in [-0.2, 0) is 17.8 Å². The van der Waals surface area contributed by atoms with Crippen LogP contribution in [0.5, 0.6) is 0 Å². The second-order valence-corrected chi connectivity index (χ2v) is 5.49. The predicted molar refractivity (Wildman–Crippen MR) is 71.1 cm³/mol. The van der Waals surface area contributed by atoms with Crippen molar-refractivity contribution < 1.29 is 4.79 Å². The predicted octanol–water partition coefficient (Wildman–Crippen LogP) is 1.85. The lowest BCUT2D eigenvalue weighted by atomic mass is 10.0. The molecule has 0 bridgehead atoms. The molecule has 1 amide bonds. The number of hydrogen-bond donors (Lipinski definition) is 2. The van der Waals surface area contributed by atoms with Gasteiger partial charge in [-0.2, -0.15) is 0 Å². The summed E-state index contributed by atoms with van der Waals surface area (Å²) in [5.41, 5.74) is 2.10. The number of thiophene rings is 1. The first kappa shape index (κ1) is 12.3. The Balaban J connectivity index is 1.87. The average molecular weight is 250 g/mol. The fraction of sp³-hybridized carbons (Fsp3) is 0.462. The summed E-state index contributed by atoms with van der Waals surface area (Å²) in [6.45, 7) is 6.40. The number of carbonyl (C=O) groups excluding carboxylic acids is 1. The number of rotatable bonds is 4. The number of amides is 1. The van der Waals surface area contributed by atoms with Gasteiger partial charge in [0.05, 0.1) is 6.54 Å². The van der Waals surface area contributed by atoms with Crippen LogP contribution in [0.1, 0.15) is 23.6 Å². The maximum Gasteiger partial charge on any atom is 0.247 e. The van der Waals surface area contributed by atoms with Crippen LogP contribution in [0, 0.1) is 0 Å². The second-order valence-electron chi connectivity index (χ2n) is 4.24. The molecule has 0 radical (unpaired) electrons. The van der Waals surface area contributed by atoms with Crippen LogP contribution in [0.25, 0.3) is 0 Å². The molecule has 17 heavy (non-hydrogen) atoms. The van der Waals surface area contributed by atoms with Gasteiger partial charge in [0.1, 0.15) is 0 Å². The van der Waals surface area contributed by atoms with Crippen LogP contribution in [0.2, 0.25) is 0 Å². The third-order valence-electron chi connectivity index (χ3n) is 3.04. The van der Waals surface area contributed by atoms with Crippen molar-refractivity contribution >= 4 is 17.2 Å². The molecule has 1 aromatic rings. The molecule has 92 valence electrons. The van der Waals surface area contributed by atoms with Crippen molar-refractivity contribution in [2.45, 2.75) is 26.8 Å². The third-order valence-corrected chi connectivity index (χ3v) is 4.27. The SMILES string of the molecule is CCc1ccc(CNC(=O)C(C)=C2CNC2)s1. The molecule has 2 rings (SSSR count). The quantitative estimate of drug-likeness (QED) is 0.801. The van der Waals surface area contributed by atoms with Crippen LogP contribution >= 0.6 is 11.3 Å². The summed E-state index contributed by atoms with van der Waals surface area (Å²) in [6, 6.07) is 4.23. The lowest BCUT2D eigenvalue weighted by Crippen LogP contribution is -2.37. The molecule has 1 aliphatic heterocycles. The highest BCUT2D eigenvalue weighted by Crippen LogP contribution is 2.17. The molecule has 4 heteroatoms. The first-order chi connectivity index (χ1) is 8.20. The van der Waals surface area contributed by atoms with Crippen LogP contribution in [0.4, 0.5) is 0 Å². The number of hydrogen-bond acceptors (Lipinski definition) is 3. The molecule has 1 aliphatic rings. The van der Waals surface area contributed by atoms with Crippen molar-refractivity contribution in [3.05, 3.63) is 33.0 Å². The monoisotopic (exact) mass is 250 g/mol. The van der Waals surface area contributed by atoms with Crippen molar-refractivity contribution in [2.24, 2.45) is 0 Å². The molecule has 0 atom stereocenters. The Morgan fingerprint density at radius 2 is 2.12 bits per heavy atom. The fourth-order valence-corrected chi connectivity index (χ4v) is 2.58. The van der Waals surface area contributed by atoms with Crippen LogP contribution in [-0.4, -0.2) is 19.0 Å². The smallest absolute Gasteiger partial charge is 0.247 e. The molecular weight excluding hydrogens is 232 g/mol. The van der Waals surface area contributed by atoms with Gasteiger partial charge in [-0.15, -0.1) is 11.3 Å². The zero-order valence-corrected chi connectivity index (χ0v) is 11.1. The summed E-state index contributed by atoms with van der Waals surface area (Å²) in [5, 5.41) is 6.12. The highest BCUT2D eigenvalue weighted by atomic mass is 32.1. The Morgan fingerprint density at radius 1 is 1.41 bits per heavy atom. The van der Waals surface area contributed by atoms with E-state index >= 15 is 0 Å². The Kier molecular flexibility index (Phi) is 3.97. The minimum atomic E-state index is 0.0629. The summed E-state index contributed by atoms with van der Waals surface area (Å²) >= 11 is 1.77. The Bertz CT molecular complexity index is 442. The van der Waals surface area contributed by atoms with Gasteiger partial charge in [-0.1, -0.05) is 6.92 Å². The van der Waals surface area contributed by atoms with Crippen LogP contribution in [0.3, 0.4) is 0 Å². The van der Waals surface area contributed by atoms with Gasteiger partial charge in [0, 0.05) is 28.4 Å². The highest BCUT2D eigenvalue weighted by molar-refractivity contribution is 7.11. The van der Waals surface area contributed by atoms with Gasteiger partial charge >= 0.3 is 0 Å². The zero-order chi connectivity index (χ0) is 12.3. The molecule has 0 spiro atoms. The van der Waals surface area contributed by atoms with Crippen LogP contribution < -0.4 is 10.6 Å². The van der Waals surface area contributed by atoms with Crippen LogP contribution in [0.15, 0.2) is 23.3 Å². The molecule has 1 aromatic heterocycles. The van der Waals surface area contributed by atoms with E-state index in [1.165, 1.54) is 15.3 Å². The fourth-order valence-electron chi connectivity index (χ4n) is 1.68. The minimum Gasteiger partial charge on any atom is -0.347 e. The van der Waals surface area contributed by atoms with E-state index in [1.807, 2.05) is 6.92 Å². The summed E-state index contributed by atoms with van der Waals surface area (Å²) in [6.07, 6.45) is 1.06. The Hall–Kier alpha value is -1.13. The van der Waals surface area contributed by atoms with E-state index in [9.17, 15) is 4.79 Å². The summed E-state index contributed by atoms with van der Waals surface area (Å²) in [4.78, 5) is 14.4. The van der Waals surface area contributed by atoms with Crippen molar-refractivity contribution in [3.8, 4) is 0 Å². The molecule has 2 heterocycles. The van der Waals surface area contributed by atoms with Gasteiger partial charge < -0.3 is 10.6 Å². The summed E-state index contributed by atoms with van der Waals surface area (Å²) < 4.78 is 0. The van der Waals surface area contributed by atoms with Gasteiger partial charge in [0.25, 0.3) is 0 Å². The molecule has 0 saturated carbocycles. The van der Waals surface area contributed by atoms with E-state index in [1.54, 1.807) is 11.3 Å². The molecule has 0 unspecified atom stereocenters. The molecule has 0 aromatic carbocycles. The number of aryl methyl sites for hydroxylation is 1. The molecule has 2 N–H and O–H groups in total. The topological polar surface area (TPSA) is 41.1 Å². The summed E-state index contributed by atoms with van der Waals surface area (Å²) in [7, 11) is 0. The van der Waals surface area contributed by atoms with Crippen molar-refractivity contribution in [2.75, 3.05) is 13.1 Å². The van der Waals surface area contributed by atoms with Crippen molar-refractivity contribution in [1.82, 2.24) is 10.6 Å².